The number of hydrogen-bond donors (Lipinski definition) is 1. The number of methoxy groups -OCH3 is 2. The highest BCUT2D eigenvalue weighted by molar-refractivity contribution is 8.00. The van der Waals surface area contributed by atoms with Crippen molar-refractivity contribution in [3.8, 4) is 11.5 Å². The molecule has 1 amide bonds. The van der Waals surface area contributed by atoms with Crippen LogP contribution in [0.1, 0.15) is 5.56 Å². The summed E-state index contributed by atoms with van der Waals surface area (Å²) >= 11 is 1.50. The molecular formula is C19H23NO4S. The number of benzene rings is 2. The number of carbonyl (C=O) groups excluding carboxylic acids is 1. The Hall–Kier alpha value is -2.18. The Morgan fingerprint density at radius 3 is 2.48 bits per heavy atom. The topological polar surface area (TPSA) is 56.8 Å². The minimum atomic E-state index is -0.0708. The molecule has 0 spiro atoms. The second-order valence-electron chi connectivity index (χ2n) is 5.36. The van der Waals surface area contributed by atoms with Gasteiger partial charge in [-0.25, -0.2) is 0 Å². The zero-order valence-electron chi connectivity index (χ0n) is 14.7. The lowest BCUT2D eigenvalue weighted by Gasteiger charge is -2.12. The van der Waals surface area contributed by atoms with Crippen molar-refractivity contribution in [3.63, 3.8) is 0 Å². The molecule has 0 bridgehead atoms. The Morgan fingerprint density at radius 1 is 1.04 bits per heavy atom. The van der Waals surface area contributed by atoms with E-state index in [0.717, 1.165) is 4.90 Å². The van der Waals surface area contributed by atoms with E-state index in [-0.39, 0.29) is 5.91 Å². The number of carbonyl (C=O) groups is 1. The Balaban J connectivity index is 1.92. The summed E-state index contributed by atoms with van der Waals surface area (Å²) in [5.41, 5.74) is 1.87. The molecule has 0 radical (unpaired) electrons. The smallest absolute Gasteiger partial charge is 0.234 e. The first kappa shape index (κ1) is 19.1. The predicted octanol–water partition coefficient (Wildman–Crippen LogP) is 3.76. The van der Waals surface area contributed by atoms with E-state index in [1.807, 2.05) is 31.2 Å². The standard InChI is InChI=1S/C19H23NO4S/c1-14-4-7-16(8-5-14)25-13-19(21)20-15-6-9-17(23-3)18(12-15)24-11-10-22-2/h4-9,12H,10-11,13H2,1-3H3,(H,20,21). The Bertz CT molecular complexity index is 688. The molecule has 1 N–H and O–H groups in total. The summed E-state index contributed by atoms with van der Waals surface area (Å²) in [6.07, 6.45) is 0. The monoisotopic (exact) mass is 361 g/mol. The summed E-state index contributed by atoms with van der Waals surface area (Å²) < 4.78 is 15.9. The fourth-order valence-electron chi connectivity index (χ4n) is 2.08. The molecule has 0 atom stereocenters. The summed E-state index contributed by atoms with van der Waals surface area (Å²) in [6, 6.07) is 13.4. The van der Waals surface area contributed by atoms with Gasteiger partial charge in [-0.3, -0.25) is 4.79 Å². The summed E-state index contributed by atoms with van der Waals surface area (Å²) in [5.74, 6) is 1.46. The number of ether oxygens (including phenoxy) is 3. The average Bonchev–Trinajstić information content (AvgIpc) is 2.62. The third-order valence-corrected chi connectivity index (χ3v) is 4.40. The molecule has 0 aliphatic carbocycles. The van der Waals surface area contributed by atoms with Gasteiger partial charge >= 0.3 is 0 Å². The van der Waals surface area contributed by atoms with Crippen molar-refractivity contribution in [1.29, 1.82) is 0 Å². The van der Waals surface area contributed by atoms with Crippen molar-refractivity contribution in [1.82, 2.24) is 0 Å². The first-order valence-electron chi connectivity index (χ1n) is 7.91. The van der Waals surface area contributed by atoms with E-state index in [1.165, 1.54) is 17.3 Å². The van der Waals surface area contributed by atoms with Gasteiger partial charge in [0.1, 0.15) is 6.61 Å². The molecule has 5 nitrogen and oxygen atoms in total. The van der Waals surface area contributed by atoms with Gasteiger partial charge in [-0.2, -0.15) is 0 Å². The number of rotatable bonds is 9. The highest BCUT2D eigenvalue weighted by Crippen LogP contribution is 2.30. The molecule has 2 rings (SSSR count). The van der Waals surface area contributed by atoms with E-state index in [0.29, 0.717) is 36.2 Å². The van der Waals surface area contributed by atoms with Crippen molar-refractivity contribution in [3.05, 3.63) is 48.0 Å². The molecule has 0 unspecified atom stereocenters. The zero-order valence-corrected chi connectivity index (χ0v) is 15.5. The molecule has 2 aromatic rings. The Kier molecular flexibility index (Phi) is 7.63. The van der Waals surface area contributed by atoms with Crippen LogP contribution in [-0.2, 0) is 9.53 Å². The number of hydrogen-bond acceptors (Lipinski definition) is 5. The minimum Gasteiger partial charge on any atom is -0.493 e. The highest BCUT2D eigenvalue weighted by atomic mass is 32.2. The van der Waals surface area contributed by atoms with Crippen molar-refractivity contribution in [2.75, 3.05) is 38.5 Å². The number of thioether (sulfide) groups is 1. The maximum absolute atomic E-state index is 12.2. The van der Waals surface area contributed by atoms with E-state index < -0.39 is 0 Å². The van der Waals surface area contributed by atoms with E-state index >= 15 is 0 Å². The van der Waals surface area contributed by atoms with Gasteiger partial charge in [0.2, 0.25) is 5.91 Å². The van der Waals surface area contributed by atoms with E-state index in [9.17, 15) is 4.79 Å². The summed E-state index contributed by atoms with van der Waals surface area (Å²) in [5, 5.41) is 2.88. The third-order valence-electron chi connectivity index (χ3n) is 3.38. The minimum absolute atomic E-state index is 0.0708. The van der Waals surface area contributed by atoms with Crippen molar-refractivity contribution in [2.24, 2.45) is 0 Å². The number of amides is 1. The van der Waals surface area contributed by atoms with Crippen LogP contribution in [0.15, 0.2) is 47.4 Å². The van der Waals surface area contributed by atoms with Crippen LogP contribution in [0.4, 0.5) is 5.69 Å². The molecule has 0 aliphatic heterocycles. The van der Waals surface area contributed by atoms with Gasteiger partial charge < -0.3 is 19.5 Å². The van der Waals surface area contributed by atoms with Crippen LogP contribution in [0.5, 0.6) is 11.5 Å². The maximum Gasteiger partial charge on any atom is 0.234 e. The van der Waals surface area contributed by atoms with Crippen molar-refractivity contribution < 1.29 is 19.0 Å². The highest BCUT2D eigenvalue weighted by Gasteiger charge is 2.09. The second kappa shape index (κ2) is 9.96. The van der Waals surface area contributed by atoms with Gasteiger partial charge in [-0.05, 0) is 31.2 Å². The quantitative estimate of drug-likeness (QED) is 0.544. The molecule has 0 saturated carbocycles. The average molecular weight is 361 g/mol. The van der Waals surface area contributed by atoms with Gasteiger partial charge in [0.25, 0.3) is 0 Å². The maximum atomic E-state index is 12.2. The Morgan fingerprint density at radius 2 is 1.80 bits per heavy atom. The number of anilines is 1. The van der Waals surface area contributed by atoms with Crippen LogP contribution in [0.2, 0.25) is 0 Å². The summed E-state index contributed by atoms with van der Waals surface area (Å²) in [4.78, 5) is 13.2. The fraction of sp³-hybridized carbons (Fsp3) is 0.316. The van der Waals surface area contributed by atoms with Crippen LogP contribution in [0.3, 0.4) is 0 Å². The molecule has 25 heavy (non-hydrogen) atoms. The molecule has 6 heteroatoms. The van der Waals surface area contributed by atoms with Gasteiger partial charge in [0, 0.05) is 23.8 Å². The van der Waals surface area contributed by atoms with Crippen LogP contribution in [-0.4, -0.2) is 39.1 Å². The molecule has 0 aromatic heterocycles. The number of nitrogens with one attached hydrogen (secondary N) is 1. The zero-order chi connectivity index (χ0) is 18.1. The molecule has 2 aromatic carbocycles. The lowest BCUT2D eigenvalue weighted by molar-refractivity contribution is -0.113. The van der Waals surface area contributed by atoms with Gasteiger partial charge in [-0.1, -0.05) is 17.7 Å². The van der Waals surface area contributed by atoms with Gasteiger partial charge in [0.15, 0.2) is 11.5 Å². The predicted molar refractivity (Wildman–Crippen MR) is 101 cm³/mol. The second-order valence-corrected chi connectivity index (χ2v) is 6.41. The van der Waals surface area contributed by atoms with E-state index in [1.54, 1.807) is 32.4 Å². The summed E-state index contributed by atoms with van der Waals surface area (Å²) in [7, 11) is 3.19. The Labute approximate surface area is 152 Å². The third kappa shape index (κ3) is 6.32. The fourth-order valence-corrected chi connectivity index (χ4v) is 2.78. The lowest BCUT2D eigenvalue weighted by atomic mass is 10.2. The normalized spacial score (nSPS) is 10.4. The molecule has 0 fully saturated rings. The SMILES string of the molecule is COCCOc1cc(NC(=O)CSc2ccc(C)cc2)ccc1OC. The lowest BCUT2D eigenvalue weighted by Crippen LogP contribution is -2.14. The first-order chi connectivity index (χ1) is 12.1. The van der Waals surface area contributed by atoms with E-state index in [4.69, 9.17) is 14.2 Å². The van der Waals surface area contributed by atoms with Crippen LogP contribution < -0.4 is 14.8 Å². The van der Waals surface area contributed by atoms with Gasteiger partial charge in [0.05, 0.1) is 19.5 Å². The van der Waals surface area contributed by atoms with Crippen LogP contribution in [0.25, 0.3) is 0 Å². The van der Waals surface area contributed by atoms with Gasteiger partial charge in [-0.15, -0.1) is 11.8 Å². The first-order valence-corrected chi connectivity index (χ1v) is 8.90. The van der Waals surface area contributed by atoms with E-state index in [2.05, 4.69) is 5.32 Å². The molecular weight excluding hydrogens is 338 g/mol. The van der Waals surface area contributed by atoms with Crippen LogP contribution in [0, 0.1) is 6.92 Å². The number of aryl methyl sites for hydroxylation is 1. The molecule has 0 aliphatic rings. The van der Waals surface area contributed by atoms with Crippen molar-refractivity contribution >= 4 is 23.4 Å². The van der Waals surface area contributed by atoms with Crippen molar-refractivity contribution in [2.45, 2.75) is 11.8 Å². The van der Waals surface area contributed by atoms with Crippen LogP contribution >= 0.6 is 11.8 Å². The molecule has 0 saturated heterocycles. The largest absolute Gasteiger partial charge is 0.493 e. The summed E-state index contributed by atoms with van der Waals surface area (Å²) in [6.45, 7) is 2.93. The molecule has 0 heterocycles. The molecule has 134 valence electrons.